The number of allylic oxidation sites excluding steroid dienone is 1. The third kappa shape index (κ3) is 4.29. The number of thiazole rings is 1. The molecule has 8 nitrogen and oxygen atoms in total. The molecule has 208 valence electrons. The van der Waals surface area contributed by atoms with Crippen LogP contribution in [-0.2, 0) is 6.42 Å². The number of hydrogen-bond donors (Lipinski definition) is 0. The fraction of sp³-hybridized carbons (Fsp3) is 0.125. The Kier molecular flexibility index (Phi) is 6.41. The largest absolute Gasteiger partial charge is 0.496 e. The summed E-state index contributed by atoms with van der Waals surface area (Å²) in [7, 11) is 1.64. The first kappa shape index (κ1) is 26.2. The smallest absolute Gasteiger partial charge is 0.288 e. The van der Waals surface area contributed by atoms with Gasteiger partial charge in [0.05, 0.1) is 28.3 Å². The fourth-order valence-electron chi connectivity index (χ4n) is 5.71. The number of furan rings is 1. The Labute approximate surface area is 248 Å². The zero-order valence-corrected chi connectivity index (χ0v) is 23.8. The lowest BCUT2D eigenvalue weighted by Gasteiger charge is -2.31. The van der Waals surface area contributed by atoms with Crippen molar-refractivity contribution in [1.29, 1.82) is 0 Å². The van der Waals surface area contributed by atoms with E-state index in [-0.39, 0.29) is 22.3 Å². The van der Waals surface area contributed by atoms with Crippen molar-refractivity contribution in [3.05, 3.63) is 142 Å². The summed E-state index contributed by atoms with van der Waals surface area (Å²) in [6.45, 7) is 0. The molecule has 10 heteroatoms. The SMILES string of the molecule is COc1ccccc1[C@@H]1C2=C(N=c3s/c(=C/c4ccc(-c5ccc(Cl)c([N+](=O)[O-])c5)o4)c(=O)n31)c1ccccc1CC2. The number of benzene rings is 3. The number of hydrogen-bond acceptors (Lipinski definition) is 7. The number of nitro groups is 1. The number of rotatable bonds is 5. The molecule has 0 N–H and O–H groups in total. The molecule has 1 aliphatic heterocycles. The van der Waals surface area contributed by atoms with E-state index in [9.17, 15) is 14.9 Å². The summed E-state index contributed by atoms with van der Waals surface area (Å²) in [5, 5.41) is 11.4. The van der Waals surface area contributed by atoms with E-state index in [1.807, 2.05) is 36.4 Å². The molecule has 0 saturated heterocycles. The molecule has 0 radical (unpaired) electrons. The van der Waals surface area contributed by atoms with Gasteiger partial charge in [-0.25, -0.2) is 4.99 Å². The highest BCUT2D eigenvalue weighted by Crippen LogP contribution is 2.43. The van der Waals surface area contributed by atoms with Gasteiger partial charge in [-0.05, 0) is 54.3 Å². The predicted molar refractivity (Wildman–Crippen MR) is 162 cm³/mol. The molecule has 0 spiro atoms. The van der Waals surface area contributed by atoms with Crippen LogP contribution in [0, 0.1) is 10.1 Å². The second kappa shape index (κ2) is 10.3. The van der Waals surface area contributed by atoms with Crippen LogP contribution in [0.15, 0.2) is 98.6 Å². The van der Waals surface area contributed by atoms with Crippen LogP contribution in [0.3, 0.4) is 0 Å². The first-order chi connectivity index (χ1) is 20.4. The highest BCUT2D eigenvalue weighted by atomic mass is 35.5. The van der Waals surface area contributed by atoms with Crippen molar-refractivity contribution in [2.75, 3.05) is 7.11 Å². The molecule has 42 heavy (non-hydrogen) atoms. The summed E-state index contributed by atoms with van der Waals surface area (Å²) >= 11 is 7.27. The van der Waals surface area contributed by atoms with Crippen LogP contribution in [0.4, 0.5) is 5.69 Å². The number of halogens is 1. The first-order valence-corrected chi connectivity index (χ1v) is 14.4. The van der Waals surface area contributed by atoms with Crippen molar-refractivity contribution >= 4 is 40.4 Å². The van der Waals surface area contributed by atoms with Gasteiger partial charge in [0.1, 0.15) is 22.3 Å². The molecule has 2 aliphatic rings. The van der Waals surface area contributed by atoms with Crippen LogP contribution in [0.2, 0.25) is 5.02 Å². The molecule has 1 atom stereocenters. The maximum absolute atomic E-state index is 14.0. The van der Waals surface area contributed by atoms with Crippen molar-refractivity contribution in [1.82, 2.24) is 4.57 Å². The molecule has 1 aliphatic carbocycles. The molecule has 0 saturated carbocycles. The molecule has 3 aromatic carbocycles. The summed E-state index contributed by atoms with van der Waals surface area (Å²) in [6.07, 6.45) is 3.32. The van der Waals surface area contributed by atoms with Crippen LogP contribution in [-0.4, -0.2) is 16.6 Å². The molecule has 2 aromatic heterocycles. The van der Waals surface area contributed by atoms with Crippen molar-refractivity contribution in [3.8, 4) is 17.1 Å². The van der Waals surface area contributed by atoms with Gasteiger partial charge in [-0.15, -0.1) is 0 Å². The maximum atomic E-state index is 14.0. The highest BCUT2D eigenvalue weighted by molar-refractivity contribution is 7.07. The van der Waals surface area contributed by atoms with E-state index in [1.54, 1.807) is 36.0 Å². The van der Waals surface area contributed by atoms with Gasteiger partial charge in [-0.3, -0.25) is 19.5 Å². The van der Waals surface area contributed by atoms with Gasteiger partial charge in [0.2, 0.25) is 0 Å². The van der Waals surface area contributed by atoms with Crippen LogP contribution in [0.1, 0.15) is 34.9 Å². The Hall–Kier alpha value is -4.73. The Morgan fingerprint density at radius 3 is 2.74 bits per heavy atom. The van der Waals surface area contributed by atoms with Crippen molar-refractivity contribution in [2.24, 2.45) is 4.99 Å². The molecule has 5 aromatic rings. The number of ether oxygens (including phenoxy) is 1. The first-order valence-electron chi connectivity index (χ1n) is 13.2. The summed E-state index contributed by atoms with van der Waals surface area (Å²) in [5.74, 6) is 1.57. The van der Waals surface area contributed by atoms with Gasteiger partial charge in [0.25, 0.3) is 11.2 Å². The van der Waals surface area contributed by atoms with Crippen LogP contribution >= 0.6 is 22.9 Å². The summed E-state index contributed by atoms with van der Waals surface area (Å²) in [4.78, 5) is 30.5. The van der Waals surface area contributed by atoms with Crippen molar-refractivity contribution in [2.45, 2.75) is 18.9 Å². The number of nitro benzene ring substituents is 1. The van der Waals surface area contributed by atoms with Gasteiger partial charge >= 0.3 is 0 Å². The number of methoxy groups -OCH3 is 1. The van der Waals surface area contributed by atoms with Crippen LogP contribution in [0.5, 0.6) is 5.75 Å². The van der Waals surface area contributed by atoms with Crippen LogP contribution < -0.4 is 19.6 Å². The van der Waals surface area contributed by atoms with Gasteiger partial charge in [-0.1, -0.05) is 65.4 Å². The third-order valence-electron chi connectivity index (χ3n) is 7.63. The Bertz CT molecular complexity index is 2120. The maximum Gasteiger partial charge on any atom is 0.288 e. The Morgan fingerprint density at radius 2 is 1.90 bits per heavy atom. The van der Waals surface area contributed by atoms with Gasteiger partial charge in [-0.2, -0.15) is 0 Å². The Morgan fingerprint density at radius 1 is 1.10 bits per heavy atom. The van der Waals surface area contributed by atoms with E-state index >= 15 is 0 Å². The minimum Gasteiger partial charge on any atom is -0.496 e. The number of aromatic nitrogens is 1. The second-order valence-corrected chi connectivity index (χ2v) is 11.4. The average molecular weight is 596 g/mol. The van der Waals surface area contributed by atoms with Crippen molar-refractivity contribution < 1.29 is 14.1 Å². The number of fused-ring (bicyclic) bond motifs is 3. The number of nitrogens with zero attached hydrogens (tertiary/aromatic N) is 3. The molecule has 0 unspecified atom stereocenters. The number of para-hydroxylation sites is 1. The standard InChI is InChI=1S/C32H22ClN3O5S/c1-40-27-9-5-4-8-22(27)30-23-13-10-18-6-2-3-7-21(18)29(23)34-32-35(30)31(37)28(42-32)17-20-12-15-26(41-20)19-11-14-24(33)25(16-19)36(38)39/h2-9,11-12,14-17,30H,10,13H2,1H3/b28-17+/t30-/m1/s1. The summed E-state index contributed by atoms with van der Waals surface area (Å²) in [6, 6.07) is 23.6. The normalized spacial score (nSPS) is 16.0. The number of aryl methyl sites for hydroxylation is 1. The predicted octanol–water partition coefficient (Wildman–Crippen LogP) is 6.15. The molecule has 3 heterocycles. The monoisotopic (exact) mass is 595 g/mol. The van der Waals surface area contributed by atoms with Gasteiger partial charge in [0, 0.05) is 28.8 Å². The van der Waals surface area contributed by atoms with Crippen molar-refractivity contribution in [3.63, 3.8) is 0 Å². The van der Waals surface area contributed by atoms with Gasteiger partial charge < -0.3 is 9.15 Å². The topological polar surface area (TPSA) is 99.9 Å². The second-order valence-electron chi connectivity index (χ2n) is 9.98. The Balaban J connectivity index is 1.39. The fourth-order valence-corrected chi connectivity index (χ4v) is 6.88. The van der Waals surface area contributed by atoms with E-state index in [2.05, 4.69) is 12.1 Å². The lowest BCUT2D eigenvalue weighted by molar-refractivity contribution is -0.384. The average Bonchev–Trinajstić information content (AvgIpc) is 3.60. The summed E-state index contributed by atoms with van der Waals surface area (Å²) < 4.78 is 14.0. The molecular weight excluding hydrogens is 574 g/mol. The quantitative estimate of drug-likeness (QED) is 0.179. The van der Waals surface area contributed by atoms with E-state index in [0.717, 1.165) is 35.2 Å². The third-order valence-corrected chi connectivity index (χ3v) is 8.94. The molecule has 0 amide bonds. The zero-order valence-electron chi connectivity index (χ0n) is 22.2. The minimum absolute atomic E-state index is 0.0477. The van der Waals surface area contributed by atoms with E-state index < -0.39 is 4.92 Å². The molecule has 0 bridgehead atoms. The lowest BCUT2D eigenvalue weighted by atomic mass is 9.83. The molecule has 0 fully saturated rings. The van der Waals surface area contributed by atoms with Gasteiger partial charge in [0.15, 0.2) is 4.80 Å². The minimum atomic E-state index is -0.535. The van der Waals surface area contributed by atoms with E-state index in [1.165, 1.54) is 29.0 Å². The molecule has 7 rings (SSSR count). The highest BCUT2D eigenvalue weighted by Gasteiger charge is 2.34. The van der Waals surface area contributed by atoms with Crippen LogP contribution in [0.25, 0.3) is 23.1 Å². The lowest BCUT2D eigenvalue weighted by Crippen LogP contribution is -2.38. The van der Waals surface area contributed by atoms with E-state index in [0.29, 0.717) is 32.2 Å². The zero-order chi connectivity index (χ0) is 29.0. The van der Waals surface area contributed by atoms with E-state index in [4.69, 9.17) is 25.7 Å². The molecular formula is C32H22ClN3O5S. The summed E-state index contributed by atoms with van der Waals surface area (Å²) in [5.41, 5.74) is 5.34.